The van der Waals surface area contributed by atoms with E-state index in [1.807, 2.05) is 0 Å². The number of amides is 2. The number of rotatable bonds is 7. The molecule has 0 spiro atoms. The predicted octanol–water partition coefficient (Wildman–Crippen LogP) is 2.98. The van der Waals surface area contributed by atoms with E-state index in [1.54, 1.807) is 31.4 Å². The van der Waals surface area contributed by atoms with Crippen molar-refractivity contribution in [2.24, 2.45) is 5.92 Å². The number of ether oxygens (including phenoxy) is 2. The Morgan fingerprint density at radius 1 is 1.18 bits per heavy atom. The molecule has 0 aromatic heterocycles. The predicted molar refractivity (Wildman–Crippen MR) is 99.3 cm³/mol. The maximum Gasteiger partial charge on any atom is 0.229 e. The Kier molecular flexibility index (Phi) is 6.20. The first kappa shape index (κ1) is 19.8. The number of hydrogen-bond acceptors (Lipinski definition) is 4. The van der Waals surface area contributed by atoms with Crippen LogP contribution in [0.2, 0.25) is 0 Å². The third-order valence-corrected chi connectivity index (χ3v) is 4.37. The summed E-state index contributed by atoms with van der Waals surface area (Å²) in [5.74, 6) is -2.27. The van der Waals surface area contributed by atoms with Crippen molar-refractivity contribution in [3.63, 3.8) is 0 Å². The average molecular weight is 390 g/mol. The Morgan fingerprint density at radius 3 is 2.61 bits per heavy atom. The maximum atomic E-state index is 13.9. The molecule has 0 aliphatic carbocycles. The van der Waals surface area contributed by atoms with Crippen molar-refractivity contribution >= 4 is 23.2 Å². The van der Waals surface area contributed by atoms with E-state index in [-0.39, 0.29) is 30.5 Å². The zero-order valence-electron chi connectivity index (χ0n) is 15.3. The van der Waals surface area contributed by atoms with Crippen molar-refractivity contribution in [1.29, 1.82) is 0 Å². The van der Waals surface area contributed by atoms with Crippen molar-refractivity contribution < 1.29 is 27.8 Å². The lowest BCUT2D eigenvalue weighted by atomic mass is 10.1. The van der Waals surface area contributed by atoms with Gasteiger partial charge < -0.3 is 19.7 Å². The number of methoxy groups -OCH3 is 1. The van der Waals surface area contributed by atoms with Gasteiger partial charge in [-0.25, -0.2) is 8.78 Å². The molecule has 2 amide bonds. The van der Waals surface area contributed by atoms with Gasteiger partial charge >= 0.3 is 0 Å². The minimum atomic E-state index is -0.835. The SMILES string of the molecule is COCCOc1ccc(NC(=O)C2CC(=O)N(c3ccc(F)cc3F)C2)cc1. The first-order valence-electron chi connectivity index (χ1n) is 8.76. The van der Waals surface area contributed by atoms with Gasteiger partial charge in [-0.15, -0.1) is 0 Å². The minimum absolute atomic E-state index is 0.0285. The van der Waals surface area contributed by atoms with Crippen LogP contribution in [0.1, 0.15) is 6.42 Å². The normalized spacial score (nSPS) is 16.3. The summed E-state index contributed by atoms with van der Waals surface area (Å²) in [4.78, 5) is 25.9. The molecule has 0 saturated carbocycles. The van der Waals surface area contributed by atoms with Crippen LogP contribution in [0.4, 0.5) is 20.2 Å². The van der Waals surface area contributed by atoms with Gasteiger partial charge in [0.15, 0.2) is 0 Å². The van der Waals surface area contributed by atoms with Gasteiger partial charge in [-0.3, -0.25) is 9.59 Å². The molecule has 0 bridgehead atoms. The van der Waals surface area contributed by atoms with Crippen LogP contribution < -0.4 is 15.0 Å². The highest BCUT2D eigenvalue weighted by Crippen LogP contribution is 2.28. The van der Waals surface area contributed by atoms with E-state index in [1.165, 1.54) is 11.0 Å². The lowest BCUT2D eigenvalue weighted by molar-refractivity contribution is -0.122. The molecule has 1 atom stereocenters. The molecule has 1 N–H and O–H groups in total. The fourth-order valence-corrected chi connectivity index (χ4v) is 2.94. The van der Waals surface area contributed by atoms with Crippen LogP contribution >= 0.6 is 0 Å². The van der Waals surface area contributed by atoms with Crippen molar-refractivity contribution in [2.75, 3.05) is 37.1 Å². The van der Waals surface area contributed by atoms with Gasteiger partial charge in [-0.05, 0) is 36.4 Å². The summed E-state index contributed by atoms with van der Waals surface area (Å²) in [5.41, 5.74) is 0.530. The number of hydrogen-bond donors (Lipinski definition) is 1. The molecule has 6 nitrogen and oxygen atoms in total. The Balaban J connectivity index is 1.60. The summed E-state index contributed by atoms with van der Waals surface area (Å²) in [5, 5.41) is 2.74. The Bertz CT molecular complexity index is 858. The van der Waals surface area contributed by atoms with E-state index in [0.29, 0.717) is 30.7 Å². The van der Waals surface area contributed by atoms with Crippen LogP contribution in [0.5, 0.6) is 5.75 Å². The highest BCUT2D eigenvalue weighted by atomic mass is 19.1. The van der Waals surface area contributed by atoms with Crippen LogP contribution in [0, 0.1) is 17.6 Å². The zero-order valence-corrected chi connectivity index (χ0v) is 15.3. The summed E-state index contributed by atoms with van der Waals surface area (Å²) in [6.07, 6.45) is -0.0408. The number of anilines is 2. The monoisotopic (exact) mass is 390 g/mol. The quantitative estimate of drug-likeness (QED) is 0.738. The molecule has 1 saturated heterocycles. The van der Waals surface area contributed by atoms with E-state index in [9.17, 15) is 18.4 Å². The molecule has 1 unspecified atom stereocenters. The van der Waals surface area contributed by atoms with Crippen LogP contribution in [-0.4, -0.2) is 38.7 Å². The minimum Gasteiger partial charge on any atom is -0.491 e. The summed E-state index contributed by atoms with van der Waals surface area (Å²) >= 11 is 0. The van der Waals surface area contributed by atoms with Crippen molar-refractivity contribution in [3.05, 3.63) is 54.1 Å². The second-order valence-corrected chi connectivity index (χ2v) is 6.36. The van der Waals surface area contributed by atoms with Gasteiger partial charge in [0.25, 0.3) is 0 Å². The van der Waals surface area contributed by atoms with E-state index >= 15 is 0 Å². The van der Waals surface area contributed by atoms with Gasteiger partial charge in [0.1, 0.15) is 24.0 Å². The van der Waals surface area contributed by atoms with Crippen molar-refractivity contribution in [1.82, 2.24) is 0 Å². The summed E-state index contributed by atoms with van der Waals surface area (Å²) in [6, 6.07) is 9.80. The topological polar surface area (TPSA) is 67.9 Å². The second kappa shape index (κ2) is 8.79. The highest BCUT2D eigenvalue weighted by Gasteiger charge is 2.36. The molecular formula is C20H20F2N2O4. The lowest BCUT2D eigenvalue weighted by Gasteiger charge is -2.17. The maximum absolute atomic E-state index is 13.9. The third-order valence-electron chi connectivity index (χ3n) is 4.37. The van der Waals surface area contributed by atoms with Crippen LogP contribution in [0.3, 0.4) is 0 Å². The Labute approximate surface area is 161 Å². The molecule has 3 rings (SSSR count). The molecule has 28 heavy (non-hydrogen) atoms. The van der Waals surface area contributed by atoms with Crippen molar-refractivity contribution in [3.8, 4) is 5.75 Å². The molecule has 148 valence electrons. The van der Waals surface area contributed by atoms with Gasteiger partial charge in [0.2, 0.25) is 11.8 Å². The van der Waals surface area contributed by atoms with Crippen molar-refractivity contribution in [2.45, 2.75) is 6.42 Å². The standard InChI is InChI=1S/C20H20F2N2O4/c1-27-8-9-28-16-5-3-15(4-6-16)23-20(26)13-10-19(25)24(12-13)18-7-2-14(21)11-17(18)22/h2-7,11,13H,8-10,12H2,1H3,(H,23,26). The lowest BCUT2D eigenvalue weighted by Crippen LogP contribution is -2.28. The number of benzene rings is 2. The number of halogens is 2. The smallest absolute Gasteiger partial charge is 0.229 e. The molecule has 1 heterocycles. The zero-order chi connectivity index (χ0) is 20.1. The fraction of sp³-hybridized carbons (Fsp3) is 0.300. The number of nitrogens with zero attached hydrogens (tertiary/aromatic N) is 1. The highest BCUT2D eigenvalue weighted by molar-refractivity contribution is 6.03. The first-order valence-corrected chi connectivity index (χ1v) is 8.76. The fourth-order valence-electron chi connectivity index (χ4n) is 2.94. The van der Waals surface area contributed by atoms with Gasteiger partial charge in [-0.1, -0.05) is 0 Å². The third kappa shape index (κ3) is 4.64. The van der Waals surface area contributed by atoms with Crippen LogP contribution in [0.25, 0.3) is 0 Å². The molecular weight excluding hydrogens is 370 g/mol. The molecule has 1 fully saturated rings. The van der Waals surface area contributed by atoms with E-state index < -0.39 is 17.6 Å². The molecule has 2 aromatic carbocycles. The number of carbonyl (C=O) groups excluding carboxylic acids is 2. The second-order valence-electron chi connectivity index (χ2n) is 6.36. The summed E-state index contributed by atoms with van der Waals surface area (Å²) < 4.78 is 37.4. The molecule has 1 aliphatic heterocycles. The summed E-state index contributed by atoms with van der Waals surface area (Å²) in [7, 11) is 1.58. The molecule has 1 aliphatic rings. The van der Waals surface area contributed by atoms with E-state index in [2.05, 4.69) is 5.32 Å². The number of carbonyl (C=O) groups is 2. The van der Waals surface area contributed by atoms with Crippen LogP contribution in [-0.2, 0) is 14.3 Å². The number of nitrogens with one attached hydrogen (secondary N) is 1. The van der Waals surface area contributed by atoms with E-state index in [0.717, 1.165) is 6.07 Å². The summed E-state index contributed by atoms with van der Waals surface area (Å²) in [6.45, 7) is 0.924. The Hall–Kier alpha value is -3.00. The largest absolute Gasteiger partial charge is 0.491 e. The Morgan fingerprint density at radius 2 is 1.93 bits per heavy atom. The first-order chi connectivity index (χ1) is 13.5. The average Bonchev–Trinajstić information content (AvgIpc) is 3.05. The van der Waals surface area contributed by atoms with Crippen LogP contribution in [0.15, 0.2) is 42.5 Å². The van der Waals surface area contributed by atoms with Gasteiger partial charge in [-0.2, -0.15) is 0 Å². The van der Waals surface area contributed by atoms with E-state index in [4.69, 9.17) is 9.47 Å². The molecule has 0 radical (unpaired) electrons. The molecule has 2 aromatic rings. The molecule has 8 heteroatoms. The van der Waals surface area contributed by atoms with Gasteiger partial charge in [0, 0.05) is 31.8 Å². The van der Waals surface area contributed by atoms with Gasteiger partial charge in [0.05, 0.1) is 18.2 Å².